The van der Waals surface area contributed by atoms with Crippen LogP contribution in [0.3, 0.4) is 0 Å². The largest absolute Gasteiger partial charge is 0.310 e. The van der Waals surface area contributed by atoms with Crippen molar-refractivity contribution < 1.29 is 4.39 Å². The summed E-state index contributed by atoms with van der Waals surface area (Å²) in [4.78, 5) is 2.44. The molecule has 114 valence electrons. The number of rotatable bonds is 9. The maximum atomic E-state index is 13.9. The molecule has 0 aliphatic carbocycles. The minimum atomic E-state index is -0.106. The molecule has 20 heavy (non-hydrogen) atoms. The SMILES string of the molecule is CCNC(CCN(CC)CC(C)C)c1ccccc1F. The number of halogens is 1. The van der Waals surface area contributed by atoms with Gasteiger partial charge in [0.05, 0.1) is 0 Å². The normalized spacial score (nSPS) is 13.2. The van der Waals surface area contributed by atoms with Crippen LogP contribution in [-0.4, -0.2) is 31.1 Å². The van der Waals surface area contributed by atoms with Crippen molar-refractivity contribution >= 4 is 0 Å². The first-order valence-corrected chi connectivity index (χ1v) is 7.78. The molecule has 1 rings (SSSR count). The first kappa shape index (κ1) is 17.1. The van der Waals surface area contributed by atoms with E-state index in [2.05, 4.69) is 37.9 Å². The topological polar surface area (TPSA) is 15.3 Å². The molecule has 0 spiro atoms. The molecule has 0 saturated heterocycles. The van der Waals surface area contributed by atoms with Crippen molar-refractivity contribution in [2.45, 2.75) is 40.2 Å². The molecule has 0 heterocycles. The van der Waals surface area contributed by atoms with Crippen LogP contribution >= 0.6 is 0 Å². The molecule has 2 nitrogen and oxygen atoms in total. The van der Waals surface area contributed by atoms with E-state index in [0.717, 1.165) is 38.2 Å². The highest BCUT2D eigenvalue weighted by Gasteiger charge is 2.15. The van der Waals surface area contributed by atoms with Gasteiger partial charge in [0.2, 0.25) is 0 Å². The highest BCUT2D eigenvalue weighted by atomic mass is 19.1. The van der Waals surface area contributed by atoms with Crippen molar-refractivity contribution in [2.24, 2.45) is 5.92 Å². The van der Waals surface area contributed by atoms with E-state index in [4.69, 9.17) is 0 Å². The number of hydrogen-bond donors (Lipinski definition) is 1. The summed E-state index contributed by atoms with van der Waals surface area (Å²) in [5.74, 6) is 0.561. The summed E-state index contributed by atoms with van der Waals surface area (Å²) in [6.07, 6.45) is 0.940. The van der Waals surface area contributed by atoms with Crippen LogP contribution in [0, 0.1) is 11.7 Å². The van der Waals surface area contributed by atoms with Gasteiger partial charge in [-0.25, -0.2) is 4.39 Å². The summed E-state index contributed by atoms with van der Waals surface area (Å²) in [5.41, 5.74) is 0.787. The van der Waals surface area contributed by atoms with Crippen LogP contribution in [0.15, 0.2) is 24.3 Å². The smallest absolute Gasteiger partial charge is 0.127 e. The number of benzene rings is 1. The average Bonchev–Trinajstić information content (AvgIpc) is 2.42. The summed E-state index contributed by atoms with van der Waals surface area (Å²) in [5, 5.41) is 3.41. The van der Waals surface area contributed by atoms with Gasteiger partial charge >= 0.3 is 0 Å². The monoisotopic (exact) mass is 280 g/mol. The first-order chi connectivity index (χ1) is 9.58. The Balaban J connectivity index is 2.66. The Morgan fingerprint density at radius 2 is 1.90 bits per heavy atom. The van der Waals surface area contributed by atoms with E-state index >= 15 is 0 Å². The summed E-state index contributed by atoms with van der Waals surface area (Å²) >= 11 is 0. The Kier molecular flexibility index (Phi) is 7.78. The summed E-state index contributed by atoms with van der Waals surface area (Å²) in [6.45, 7) is 12.7. The van der Waals surface area contributed by atoms with E-state index in [0.29, 0.717) is 5.92 Å². The van der Waals surface area contributed by atoms with Crippen LogP contribution in [0.1, 0.15) is 45.7 Å². The third-order valence-electron chi connectivity index (χ3n) is 3.54. The van der Waals surface area contributed by atoms with E-state index in [1.165, 1.54) is 0 Å². The molecule has 0 saturated carbocycles. The lowest BCUT2D eigenvalue weighted by atomic mass is 10.0. The van der Waals surface area contributed by atoms with Crippen molar-refractivity contribution in [3.8, 4) is 0 Å². The predicted molar refractivity (Wildman–Crippen MR) is 84.4 cm³/mol. The molecule has 0 fully saturated rings. The maximum absolute atomic E-state index is 13.9. The van der Waals surface area contributed by atoms with Crippen molar-refractivity contribution in [3.63, 3.8) is 0 Å². The van der Waals surface area contributed by atoms with Gasteiger partial charge in [-0.1, -0.05) is 45.9 Å². The Morgan fingerprint density at radius 3 is 2.45 bits per heavy atom. The number of hydrogen-bond acceptors (Lipinski definition) is 2. The molecule has 0 aliphatic heterocycles. The fourth-order valence-corrected chi connectivity index (χ4v) is 2.58. The lowest BCUT2D eigenvalue weighted by Gasteiger charge is -2.26. The van der Waals surface area contributed by atoms with Crippen molar-refractivity contribution in [1.82, 2.24) is 10.2 Å². The van der Waals surface area contributed by atoms with Gasteiger partial charge in [0.1, 0.15) is 5.82 Å². The molecule has 0 amide bonds. The second kappa shape index (κ2) is 9.09. The lowest BCUT2D eigenvalue weighted by Crippen LogP contribution is -2.32. The molecule has 0 aromatic heterocycles. The Labute approximate surface area is 123 Å². The van der Waals surface area contributed by atoms with Gasteiger partial charge in [-0.05, 0) is 38.0 Å². The van der Waals surface area contributed by atoms with Gasteiger partial charge in [0.25, 0.3) is 0 Å². The molecule has 1 N–H and O–H groups in total. The van der Waals surface area contributed by atoms with Gasteiger partial charge in [0.15, 0.2) is 0 Å². The summed E-state index contributed by atoms with van der Waals surface area (Å²) in [6, 6.07) is 7.20. The number of nitrogens with zero attached hydrogens (tertiary/aromatic N) is 1. The minimum Gasteiger partial charge on any atom is -0.310 e. The lowest BCUT2D eigenvalue weighted by molar-refractivity contribution is 0.241. The maximum Gasteiger partial charge on any atom is 0.127 e. The van der Waals surface area contributed by atoms with Crippen LogP contribution < -0.4 is 5.32 Å². The first-order valence-electron chi connectivity index (χ1n) is 7.78. The zero-order chi connectivity index (χ0) is 15.0. The fourth-order valence-electron chi connectivity index (χ4n) is 2.58. The van der Waals surface area contributed by atoms with Crippen LogP contribution in [-0.2, 0) is 0 Å². The highest BCUT2D eigenvalue weighted by molar-refractivity contribution is 5.21. The van der Waals surface area contributed by atoms with Gasteiger partial charge in [-0.3, -0.25) is 0 Å². The Hall–Kier alpha value is -0.930. The average molecular weight is 280 g/mol. The third-order valence-corrected chi connectivity index (χ3v) is 3.54. The molecule has 1 aromatic carbocycles. The number of nitrogens with one attached hydrogen (secondary N) is 1. The van der Waals surface area contributed by atoms with Crippen molar-refractivity contribution in [2.75, 3.05) is 26.2 Å². The van der Waals surface area contributed by atoms with Crippen LogP contribution in [0.4, 0.5) is 4.39 Å². The van der Waals surface area contributed by atoms with Gasteiger partial charge in [-0.2, -0.15) is 0 Å². The molecular weight excluding hydrogens is 251 g/mol. The van der Waals surface area contributed by atoms with E-state index < -0.39 is 0 Å². The highest BCUT2D eigenvalue weighted by Crippen LogP contribution is 2.20. The fraction of sp³-hybridized carbons (Fsp3) is 0.647. The third kappa shape index (κ3) is 5.59. The molecule has 0 bridgehead atoms. The molecular formula is C17H29FN2. The van der Waals surface area contributed by atoms with Gasteiger partial charge in [0, 0.05) is 18.2 Å². The van der Waals surface area contributed by atoms with Gasteiger partial charge in [-0.15, -0.1) is 0 Å². The zero-order valence-corrected chi connectivity index (χ0v) is 13.3. The van der Waals surface area contributed by atoms with Crippen LogP contribution in [0.2, 0.25) is 0 Å². The van der Waals surface area contributed by atoms with E-state index in [9.17, 15) is 4.39 Å². The van der Waals surface area contributed by atoms with Gasteiger partial charge < -0.3 is 10.2 Å². The zero-order valence-electron chi connectivity index (χ0n) is 13.3. The minimum absolute atomic E-state index is 0.0995. The van der Waals surface area contributed by atoms with Crippen molar-refractivity contribution in [3.05, 3.63) is 35.6 Å². The summed E-state index contributed by atoms with van der Waals surface area (Å²) < 4.78 is 13.9. The molecule has 1 aromatic rings. The van der Waals surface area contributed by atoms with E-state index in [-0.39, 0.29) is 11.9 Å². The molecule has 0 aliphatic rings. The predicted octanol–water partition coefficient (Wildman–Crippen LogP) is 3.84. The molecule has 3 heteroatoms. The second-order valence-corrected chi connectivity index (χ2v) is 5.71. The standard InChI is InChI=1S/C17H29FN2/c1-5-19-17(15-9-7-8-10-16(15)18)11-12-20(6-2)13-14(3)4/h7-10,14,17,19H,5-6,11-13H2,1-4H3. The Bertz CT molecular complexity index is 379. The van der Waals surface area contributed by atoms with Crippen LogP contribution in [0.25, 0.3) is 0 Å². The summed E-state index contributed by atoms with van der Waals surface area (Å²) in [7, 11) is 0. The quantitative estimate of drug-likeness (QED) is 0.739. The van der Waals surface area contributed by atoms with E-state index in [1.807, 2.05) is 12.1 Å². The van der Waals surface area contributed by atoms with Crippen LogP contribution in [0.5, 0.6) is 0 Å². The van der Waals surface area contributed by atoms with Crippen molar-refractivity contribution in [1.29, 1.82) is 0 Å². The second-order valence-electron chi connectivity index (χ2n) is 5.71. The molecule has 0 radical (unpaired) electrons. The Morgan fingerprint density at radius 1 is 1.20 bits per heavy atom. The molecule has 1 unspecified atom stereocenters. The molecule has 1 atom stereocenters. The van der Waals surface area contributed by atoms with E-state index in [1.54, 1.807) is 12.1 Å².